The summed E-state index contributed by atoms with van der Waals surface area (Å²) in [5.74, 6) is -0.266. The largest absolute Gasteiger partial charge is 0.366 e. The van der Waals surface area contributed by atoms with Gasteiger partial charge >= 0.3 is 0 Å². The maximum absolute atomic E-state index is 12.2. The van der Waals surface area contributed by atoms with E-state index in [4.69, 9.17) is 23.2 Å². The molecule has 3 aromatic rings. The first-order valence-electron chi connectivity index (χ1n) is 10.5. The number of pyridine rings is 1. The number of nitrogens with one attached hydrogen (secondary N) is 2. The molecule has 0 atom stereocenters. The second-order valence-corrected chi connectivity index (χ2v) is 8.38. The van der Waals surface area contributed by atoms with Crippen LogP contribution in [0.1, 0.15) is 28.7 Å². The van der Waals surface area contributed by atoms with Crippen molar-refractivity contribution in [1.29, 1.82) is 0 Å². The molecule has 2 aromatic heterocycles. The van der Waals surface area contributed by atoms with Gasteiger partial charge in [0.15, 0.2) is 5.15 Å². The van der Waals surface area contributed by atoms with Crippen molar-refractivity contribution in [2.75, 3.05) is 38.1 Å². The molecule has 0 bridgehead atoms. The third-order valence-corrected chi connectivity index (χ3v) is 6.40. The van der Waals surface area contributed by atoms with Gasteiger partial charge in [-0.15, -0.1) is 0 Å². The molecule has 3 heterocycles. The number of carbonyl (C=O) groups excluding carboxylic acids is 1. The molecule has 0 unspecified atom stereocenters. The molecule has 0 saturated carbocycles. The SMILES string of the molecule is CCc1nc2ccc(CN3CCN(c4ccc(C(=O)NC)nc4Cl)CC3)c(Cl)c2[nH]c1=O. The first kappa shape index (κ1) is 22.5. The van der Waals surface area contributed by atoms with Crippen LogP contribution in [0, 0.1) is 0 Å². The van der Waals surface area contributed by atoms with Gasteiger partial charge in [-0.05, 0) is 30.2 Å². The summed E-state index contributed by atoms with van der Waals surface area (Å²) in [6.07, 6.45) is 0.572. The van der Waals surface area contributed by atoms with E-state index in [-0.39, 0.29) is 11.5 Å². The number of aromatic nitrogens is 3. The maximum Gasteiger partial charge on any atom is 0.270 e. The molecule has 0 radical (unpaired) electrons. The van der Waals surface area contributed by atoms with Crippen molar-refractivity contribution < 1.29 is 4.79 Å². The highest BCUT2D eigenvalue weighted by Crippen LogP contribution is 2.28. The number of rotatable bonds is 5. The van der Waals surface area contributed by atoms with E-state index in [1.807, 2.05) is 25.1 Å². The summed E-state index contributed by atoms with van der Waals surface area (Å²) in [6, 6.07) is 7.39. The fraction of sp³-hybridized carbons (Fsp3) is 0.364. The Bertz CT molecular complexity index is 1220. The Morgan fingerprint density at radius 2 is 1.88 bits per heavy atom. The van der Waals surface area contributed by atoms with Crippen molar-refractivity contribution in [2.24, 2.45) is 0 Å². The molecule has 32 heavy (non-hydrogen) atoms. The molecule has 1 aromatic carbocycles. The van der Waals surface area contributed by atoms with Crippen molar-refractivity contribution in [1.82, 2.24) is 25.2 Å². The number of halogens is 2. The standard InChI is InChI=1S/C22H24Cl2N6O2/c1-3-14-22(32)28-19-15(26-14)5-4-13(18(19)23)12-29-8-10-30(11-9-29)17-7-6-16(21(31)25-2)27-20(17)24/h4-7H,3,8-12H2,1-2H3,(H,25,31)(H,28,32). The lowest BCUT2D eigenvalue weighted by molar-refractivity contribution is 0.0958. The summed E-state index contributed by atoms with van der Waals surface area (Å²) in [4.78, 5) is 39.9. The minimum Gasteiger partial charge on any atom is -0.366 e. The molecule has 10 heteroatoms. The number of aromatic amines is 1. The number of carbonyl (C=O) groups is 1. The van der Waals surface area contributed by atoms with Gasteiger partial charge < -0.3 is 15.2 Å². The molecule has 1 aliphatic heterocycles. The summed E-state index contributed by atoms with van der Waals surface area (Å²) in [6.45, 7) is 5.73. The molecule has 1 aliphatic rings. The van der Waals surface area contributed by atoms with E-state index in [9.17, 15) is 9.59 Å². The second kappa shape index (κ2) is 9.44. The smallest absolute Gasteiger partial charge is 0.270 e. The van der Waals surface area contributed by atoms with E-state index in [1.165, 1.54) is 0 Å². The van der Waals surface area contributed by atoms with Crippen LogP contribution < -0.4 is 15.8 Å². The fourth-order valence-corrected chi connectivity index (χ4v) is 4.41. The van der Waals surface area contributed by atoms with E-state index in [1.54, 1.807) is 13.1 Å². The van der Waals surface area contributed by atoms with Gasteiger partial charge in [0.1, 0.15) is 11.4 Å². The highest BCUT2D eigenvalue weighted by atomic mass is 35.5. The first-order valence-corrected chi connectivity index (χ1v) is 11.2. The van der Waals surface area contributed by atoms with Crippen LogP contribution in [0.5, 0.6) is 0 Å². The third kappa shape index (κ3) is 4.44. The fourth-order valence-electron chi connectivity index (χ4n) is 3.87. The van der Waals surface area contributed by atoms with Gasteiger partial charge in [-0.25, -0.2) is 9.97 Å². The molecule has 1 saturated heterocycles. The topological polar surface area (TPSA) is 94.2 Å². The number of nitrogens with zero attached hydrogens (tertiary/aromatic N) is 4. The Morgan fingerprint density at radius 3 is 2.53 bits per heavy atom. The maximum atomic E-state index is 12.2. The monoisotopic (exact) mass is 474 g/mol. The van der Waals surface area contributed by atoms with Gasteiger partial charge in [-0.3, -0.25) is 14.5 Å². The Balaban J connectivity index is 1.45. The molecule has 4 rings (SSSR count). The number of benzene rings is 1. The van der Waals surface area contributed by atoms with Crippen molar-refractivity contribution in [3.8, 4) is 0 Å². The number of H-pyrrole nitrogens is 1. The number of hydrogen-bond donors (Lipinski definition) is 2. The average molecular weight is 475 g/mol. The zero-order valence-electron chi connectivity index (χ0n) is 17.9. The van der Waals surface area contributed by atoms with Crippen LogP contribution >= 0.6 is 23.2 Å². The normalized spacial score (nSPS) is 14.7. The van der Waals surface area contributed by atoms with Gasteiger partial charge in [-0.1, -0.05) is 36.2 Å². The van der Waals surface area contributed by atoms with Gasteiger partial charge in [0.25, 0.3) is 11.5 Å². The zero-order valence-corrected chi connectivity index (χ0v) is 19.4. The quantitative estimate of drug-likeness (QED) is 0.552. The zero-order chi connectivity index (χ0) is 22.8. The summed E-state index contributed by atoms with van der Waals surface area (Å²) in [5.41, 5.74) is 3.66. The lowest BCUT2D eigenvalue weighted by Crippen LogP contribution is -2.46. The van der Waals surface area contributed by atoms with Crippen LogP contribution in [-0.4, -0.2) is 59.0 Å². The number of anilines is 1. The highest BCUT2D eigenvalue weighted by molar-refractivity contribution is 6.35. The van der Waals surface area contributed by atoms with Crippen molar-refractivity contribution in [3.05, 3.63) is 61.7 Å². The van der Waals surface area contributed by atoms with Gasteiger partial charge in [-0.2, -0.15) is 0 Å². The van der Waals surface area contributed by atoms with Crippen molar-refractivity contribution >= 4 is 45.8 Å². The van der Waals surface area contributed by atoms with Crippen LogP contribution in [0.25, 0.3) is 11.0 Å². The Labute approximate surface area is 195 Å². The molecular formula is C22H24Cl2N6O2. The third-order valence-electron chi connectivity index (χ3n) is 5.69. The number of piperazine rings is 1. The van der Waals surface area contributed by atoms with Crippen LogP contribution in [0.15, 0.2) is 29.1 Å². The Kier molecular flexibility index (Phi) is 6.64. The summed E-state index contributed by atoms with van der Waals surface area (Å²) in [7, 11) is 1.56. The number of fused-ring (bicyclic) bond motifs is 1. The van der Waals surface area contributed by atoms with Crippen LogP contribution in [0.3, 0.4) is 0 Å². The number of amides is 1. The number of aryl methyl sites for hydroxylation is 1. The molecular weight excluding hydrogens is 451 g/mol. The summed E-state index contributed by atoms with van der Waals surface area (Å²) < 4.78 is 0. The Hall–Kier alpha value is -2.68. The first-order chi connectivity index (χ1) is 15.4. The van der Waals surface area contributed by atoms with Crippen LogP contribution in [-0.2, 0) is 13.0 Å². The van der Waals surface area contributed by atoms with E-state index in [0.717, 1.165) is 37.4 Å². The molecule has 168 valence electrons. The molecule has 8 nitrogen and oxygen atoms in total. The lowest BCUT2D eigenvalue weighted by atomic mass is 10.1. The van der Waals surface area contributed by atoms with Crippen LogP contribution in [0.4, 0.5) is 5.69 Å². The molecule has 2 N–H and O–H groups in total. The van der Waals surface area contributed by atoms with Crippen molar-refractivity contribution in [3.63, 3.8) is 0 Å². The molecule has 0 aliphatic carbocycles. The molecule has 1 fully saturated rings. The van der Waals surface area contributed by atoms with Gasteiger partial charge in [0, 0.05) is 39.8 Å². The van der Waals surface area contributed by atoms with E-state index >= 15 is 0 Å². The van der Waals surface area contributed by atoms with Crippen LogP contribution in [0.2, 0.25) is 10.2 Å². The van der Waals surface area contributed by atoms with E-state index in [2.05, 4.69) is 30.1 Å². The molecule has 1 amide bonds. The average Bonchev–Trinajstić information content (AvgIpc) is 2.81. The minimum atomic E-state index is -0.266. The van der Waals surface area contributed by atoms with E-state index < -0.39 is 0 Å². The predicted molar refractivity (Wildman–Crippen MR) is 127 cm³/mol. The Morgan fingerprint density at radius 1 is 1.12 bits per heavy atom. The minimum absolute atomic E-state index is 0.194. The molecule has 0 spiro atoms. The van der Waals surface area contributed by atoms with E-state index in [0.29, 0.717) is 45.6 Å². The van der Waals surface area contributed by atoms with Gasteiger partial charge in [0.2, 0.25) is 0 Å². The summed E-state index contributed by atoms with van der Waals surface area (Å²) >= 11 is 13.0. The highest BCUT2D eigenvalue weighted by Gasteiger charge is 2.21. The lowest BCUT2D eigenvalue weighted by Gasteiger charge is -2.36. The van der Waals surface area contributed by atoms with Crippen molar-refractivity contribution in [2.45, 2.75) is 19.9 Å². The number of hydrogen-bond acceptors (Lipinski definition) is 6. The predicted octanol–water partition coefficient (Wildman–Crippen LogP) is 2.87. The summed E-state index contributed by atoms with van der Waals surface area (Å²) in [5, 5.41) is 3.40. The second-order valence-electron chi connectivity index (χ2n) is 7.65. The van der Waals surface area contributed by atoms with Gasteiger partial charge in [0.05, 0.1) is 21.7 Å².